The molecule has 0 aliphatic carbocycles. The second kappa shape index (κ2) is 5.51. The number of aromatic nitrogens is 1. The molecule has 0 saturated carbocycles. The van der Waals surface area contributed by atoms with Gasteiger partial charge in [0.2, 0.25) is 0 Å². The van der Waals surface area contributed by atoms with Crippen LogP contribution in [0.4, 0.5) is 0 Å². The number of thiazole rings is 1. The number of methoxy groups -OCH3 is 1. The van der Waals surface area contributed by atoms with Gasteiger partial charge in [0.15, 0.2) is 4.34 Å². The fourth-order valence-electron chi connectivity index (χ4n) is 1.88. The summed E-state index contributed by atoms with van der Waals surface area (Å²) in [5, 5.41) is 0. The summed E-state index contributed by atoms with van der Waals surface area (Å²) in [7, 11) is 1.79. The second-order valence-electron chi connectivity index (χ2n) is 3.61. The first-order chi connectivity index (χ1) is 7.72. The van der Waals surface area contributed by atoms with Crippen LogP contribution in [-0.4, -0.2) is 31.6 Å². The summed E-state index contributed by atoms with van der Waals surface area (Å²) in [5.74, 6) is 0. The molecule has 2 heterocycles. The highest BCUT2D eigenvalue weighted by Gasteiger charge is 2.38. The van der Waals surface area contributed by atoms with Crippen LogP contribution in [0.15, 0.2) is 4.34 Å². The Bertz CT molecular complexity index is 364. The molecule has 0 unspecified atom stereocenters. The van der Waals surface area contributed by atoms with Crippen LogP contribution < -0.4 is 0 Å². The molecule has 0 bridgehead atoms. The van der Waals surface area contributed by atoms with Gasteiger partial charge in [-0.2, -0.15) is 0 Å². The number of thioether (sulfide) groups is 1. The number of hydrogen-bond donors (Lipinski definition) is 0. The number of rotatable bonds is 3. The molecule has 1 aliphatic rings. The fourth-order valence-corrected chi connectivity index (χ4v) is 4.95. The summed E-state index contributed by atoms with van der Waals surface area (Å²) in [5.41, 5.74) is -0.166. The van der Waals surface area contributed by atoms with Crippen LogP contribution in [0, 0.1) is 3.70 Å². The fraction of sp³-hybridized carbons (Fsp3) is 0.700. The lowest BCUT2D eigenvalue weighted by molar-refractivity contribution is -0.0931. The molecule has 1 fully saturated rings. The van der Waals surface area contributed by atoms with Gasteiger partial charge in [0.05, 0.1) is 4.88 Å². The molecule has 16 heavy (non-hydrogen) atoms. The first kappa shape index (κ1) is 13.1. The lowest BCUT2D eigenvalue weighted by Crippen LogP contribution is -2.35. The van der Waals surface area contributed by atoms with E-state index in [1.165, 1.54) is 4.88 Å². The largest absolute Gasteiger partial charge is 0.381 e. The maximum atomic E-state index is 5.78. The number of halogens is 1. The Kier molecular flexibility index (Phi) is 4.51. The van der Waals surface area contributed by atoms with Gasteiger partial charge in [-0.3, -0.25) is 0 Å². The summed E-state index contributed by atoms with van der Waals surface area (Å²) in [6.45, 7) is 1.55. The van der Waals surface area contributed by atoms with Crippen LogP contribution in [0.25, 0.3) is 0 Å². The van der Waals surface area contributed by atoms with Gasteiger partial charge in [-0.25, -0.2) is 4.98 Å². The lowest BCUT2D eigenvalue weighted by Gasteiger charge is -2.35. The summed E-state index contributed by atoms with van der Waals surface area (Å²) in [6, 6.07) is 0. The van der Waals surface area contributed by atoms with E-state index in [1.54, 1.807) is 30.2 Å². The van der Waals surface area contributed by atoms with Crippen molar-refractivity contribution in [2.45, 2.75) is 22.8 Å². The van der Waals surface area contributed by atoms with E-state index in [9.17, 15) is 0 Å². The third kappa shape index (κ3) is 2.40. The molecule has 0 radical (unpaired) electrons. The quantitative estimate of drug-likeness (QED) is 0.604. The van der Waals surface area contributed by atoms with Gasteiger partial charge in [-0.1, -0.05) is 11.8 Å². The van der Waals surface area contributed by atoms with Crippen molar-refractivity contribution in [1.82, 2.24) is 4.98 Å². The van der Waals surface area contributed by atoms with Crippen LogP contribution in [0.1, 0.15) is 17.7 Å². The van der Waals surface area contributed by atoms with E-state index in [-0.39, 0.29) is 5.60 Å². The van der Waals surface area contributed by atoms with Crippen molar-refractivity contribution in [3.63, 3.8) is 0 Å². The third-order valence-corrected chi connectivity index (χ3v) is 6.22. The van der Waals surface area contributed by atoms with Crippen LogP contribution in [0.5, 0.6) is 0 Å². The Morgan fingerprint density at radius 2 is 2.19 bits per heavy atom. The highest BCUT2D eigenvalue weighted by Crippen LogP contribution is 2.42. The Labute approximate surface area is 117 Å². The molecule has 90 valence electrons. The van der Waals surface area contributed by atoms with Gasteiger partial charge in [0.25, 0.3) is 0 Å². The van der Waals surface area contributed by atoms with Crippen LogP contribution in [-0.2, 0) is 15.1 Å². The Morgan fingerprint density at radius 3 is 2.69 bits per heavy atom. The summed E-state index contributed by atoms with van der Waals surface area (Å²) < 4.78 is 13.4. The van der Waals surface area contributed by atoms with Crippen molar-refractivity contribution in [3.05, 3.63) is 8.58 Å². The topological polar surface area (TPSA) is 31.4 Å². The van der Waals surface area contributed by atoms with Gasteiger partial charge in [0, 0.05) is 33.2 Å². The predicted octanol–water partition coefficient (Wildman–Crippen LogP) is 3.12. The van der Waals surface area contributed by atoms with Gasteiger partial charge in [0.1, 0.15) is 9.30 Å². The molecule has 3 nitrogen and oxygen atoms in total. The van der Waals surface area contributed by atoms with Crippen LogP contribution in [0.2, 0.25) is 0 Å². The van der Waals surface area contributed by atoms with Crippen LogP contribution in [0.3, 0.4) is 0 Å². The van der Waals surface area contributed by atoms with E-state index in [2.05, 4.69) is 33.8 Å². The van der Waals surface area contributed by atoms with Gasteiger partial charge in [-0.15, -0.1) is 11.3 Å². The monoisotopic (exact) mass is 371 g/mol. The van der Waals surface area contributed by atoms with Gasteiger partial charge < -0.3 is 9.47 Å². The molecule has 6 heteroatoms. The molecule has 0 N–H and O–H groups in total. The minimum atomic E-state index is -0.166. The zero-order valence-corrected chi connectivity index (χ0v) is 13.1. The highest BCUT2D eigenvalue weighted by atomic mass is 127. The molecular formula is C10H14INO2S2. The zero-order chi connectivity index (χ0) is 11.6. The normalized spacial score (nSPS) is 19.9. The molecule has 1 saturated heterocycles. The molecule has 1 aromatic rings. The van der Waals surface area contributed by atoms with Crippen molar-refractivity contribution in [1.29, 1.82) is 0 Å². The molecular weight excluding hydrogens is 357 g/mol. The molecule has 1 aromatic heterocycles. The van der Waals surface area contributed by atoms with Crippen LogP contribution >= 0.6 is 45.7 Å². The minimum Gasteiger partial charge on any atom is -0.381 e. The first-order valence-electron chi connectivity index (χ1n) is 5.05. The third-order valence-electron chi connectivity index (χ3n) is 2.85. The van der Waals surface area contributed by atoms with Crippen molar-refractivity contribution in [3.8, 4) is 0 Å². The van der Waals surface area contributed by atoms with Crippen molar-refractivity contribution in [2.75, 3.05) is 26.6 Å². The standard InChI is InChI=1S/C10H14INO2S2/c1-13-10(3-5-14-6-4-10)7-8(11)12-9(15-2)16-7/h3-6H2,1-2H3. The first-order valence-corrected chi connectivity index (χ1v) is 8.17. The van der Waals surface area contributed by atoms with Crippen molar-refractivity contribution in [2.24, 2.45) is 0 Å². The molecule has 0 atom stereocenters. The molecule has 0 spiro atoms. The summed E-state index contributed by atoms with van der Waals surface area (Å²) in [6.07, 6.45) is 3.91. The van der Waals surface area contributed by atoms with Gasteiger partial charge >= 0.3 is 0 Å². The maximum Gasteiger partial charge on any atom is 0.151 e. The van der Waals surface area contributed by atoms with E-state index < -0.39 is 0 Å². The van der Waals surface area contributed by atoms with E-state index in [0.717, 1.165) is 34.1 Å². The number of nitrogens with zero attached hydrogens (tertiary/aromatic N) is 1. The second-order valence-corrected chi connectivity index (χ2v) is 6.69. The minimum absolute atomic E-state index is 0.166. The lowest BCUT2D eigenvalue weighted by atomic mass is 9.93. The number of hydrogen-bond acceptors (Lipinski definition) is 5. The Morgan fingerprint density at radius 1 is 1.50 bits per heavy atom. The Balaban J connectivity index is 2.34. The van der Waals surface area contributed by atoms with E-state index in [4.69, 9.17) is 9.47 Å². The smallest absolute Gasteiger partial charge is 0.151 e. The Hall–Kier alpha value is 0.630. The average molecular weight is 371 g/mol. The zero-order valence-electron chi connectivity index (χ0n) is 9.29. The molecule has 0 aromatic carbocycles. The summed E-state index contributed by atoms with van der Waals surface area (Å²) >= 11 is 5.75. The highest BCUT2D eigenvalue weighted by molar-refractivity contribution is 14.1. The van der Waals surface area contributed by atoms with E-state index in [0.29, 0.717) is 0 Å². The van der Waals surface area contributed by atoms with Crippen molar-refractivity contribution < 1.29 is 9.47 Å². The number of ether oxygens (including phenoxy) is 2. The average Bonchev–Trinajstić information content (AvgIpc) is 2.72. The predicted molar refractivity (Wildman–Crippen MR) is 75.4 cm³/mol. The van der Waals surface area contributed by atoms with Gasteiger partial charge in [-0.05, 0) is 28.8 Å². The summed E-state index contributed by atoms with van der Waals surface area (Å²) in [4.78, 5) is 5.81. The van der Waals surface area contributed by atoms with E-state index >= 15 is 0 Å². The molecule has 2 rings (SSSR count). The molecule has 1 aliphatic heterocycles. The maximum absolute atomic E-state index is 5.78. The molecule has 0 amide bonds. The van der Waals surface area contributed by atoms with E-state index in [1.807, 2.05) is 0 Å². The SMILES string of the molecule is COC1(c2sc(SC)nc2I)CCOCC1. The van der Waals surface area contributed by atoms with Crippen molar-refractivity contribution >= 4 is 45.7 Å².